The number of anilines is 1. The van der Waals surface area contributed by atoms with Crippen LogP contribution in [-0.4, -0.2) is 30.2 Å². The molecule has 0 saturated heterocycles. The van der Waals surface area contributed by atoms with Gasteiger partial charge in [0, 0.05) is 19.3 Å². The molecule has 0 amide bonds. The molecule has 1 aromatic heterocycles. The Bertz CT molecular complexity index is 490. The number of hydrogen-bond acceptors (Lipinski definition) is 4. The van der Waals surface area contributed by atoms with Crippen LogP contribution in [0.25, 0.3) is 0 Å². The molecule has 110 valence electrons. The minimum atomic E-state index is 0.410. The zero-order valence-corrected chi connectivity index (χ0v) is 13.1. The lowest BCUT2D eigenvalue weighted by molar-refractivity contribution is 0.164. The number of methoxy groups -OCH3 is 1. The average Bonchev–Trinajstić information content (AvgIpc) is 2.44. The van der Waals surface area contributed by atoms with Crippen LogP contribution in [0.15, 0.2) is 6.07 Å². The second-order valence-corrected chi connectivity index (χ2v) is 5.94. The van der Waals surface area contributed by atoms with Crippen molar-refractivity contribution in [1.29, 1.82) is 0 Å². The quantitative estimate of drug-likeness (QED) is 0.788. The molecule has 0 aromatic carbocycles. The van der Waals surface area contributed by atoms with E-state index in [1.165, 1.54) is 24.1 Å². The van der Waals surface area contributed by atoms with Gasteiger partial charge in [0.15, 0.2) is 0 Å². The SMILES string of the molecule is COCC(C)CNc1nc2c(cc1C(N)=S)CCCC2. The van der Waals surface area contributed by atoms with Crippen LogP contribution in [0.5, 0.6) is 0 Å². The number of aryl methyl sites for hydroxylation is 2. The van der Waals surface area contributed by atoms with Crippen molar-refractivity contribution in [2.45, 2.75) is 32.6 Å². The summed E-state index contributed by atoms with van der Waals surface area (Å²) in [7, 11) is 1.72. The van der Waals surface area contributed by atoms with Gasteiger partial charge in [-0.1, -0.05) is 19.1 Å². The van der Waals surface area contributed by atoms with Crippen molar-refractivity contribution in [2.24, 2.45) is 11.7 Å². The molecule has 20 heavy (non-hydrogen) atoms. The summed E-state index contributed by atoms with van der Waals surface area (Å²) in [5.41, 5.74) is 9.20. The standard InChI is InChI=1S/C15H23N3OS/c1-10(9-19-2)8-17-15-12(14(16)20)7-11-5-3-4-6-13(11)18-15/h7,10H,3-6,8-9H2,1-2H3,(H2,16,20)(H,17,18). The highest BCUT2D eigenvalue weighted by atomic mass is 32.1. The number of nitrogens with two attached hydrogens (primary N) is 1. The second kappa shape index (κ2) is 6.99. The molecule has 0 radical (unpaired) electrons. The van der Waals surface area contributed by atoms with E-state index in [0.717, 1.165) is 37.4 Å². The monoisotopic (exact) mass is 293 g/mol. The molecule has 1 atom stereocenters. The van der Waals surface area contributed by atoms with Crippen LogP contribution in [0.3, 0.4) is 0 Å². The van der Waals surface area contributed by atoms with E-state index in [9.17, 15) is 0 Å². The molecule has 1 aliphatic carbocycles. The average molecular weight is 293 g/mol. The van der Waals surface area contributed by atoms with Crippen LogP contribution in [0.1, 0.15) is 36.6 Å². The van der Waals surface area contributed by atoms with Crippen molar-refractivity contribution < 1.29 is 4.74 Å². The minimum absolute atomic E-state index is 0.410. The molecule has 5 heteroatoms. The lowest BCUT2D eigenvalue weighted by Crippen LogP contribution is -2.21. The first-order valence-electron chi connectivity index (χ1n) is 7.17. The van der Waals surface area contributed by atoms with E-state index in [0.29, 0.717) is 10.9 Å². The maximum atomic E-state index is 5.84. The first-order chi connectivity index (χ1) is 9.61. The van der Waals surface area contributed by atoms with Crippen molar-refractivity contribution in [3.63, 3.8) is 0 Å². The van der Waals surface area contributed by atoms with Gasteiger partial charge in [0.25, 0.3) is 0 Å². The summed E-state index contributed by atoms with van der Waals surface area (Å²) < 4.78 is 5.15. The Morgan fingerprint density at radius 1 is 1.50 bits per heavy atom. The lowest BCUT2D eigenvalue weighted by Gasteiger charge is -2.20. The maximum Gasteiger partial charge on any atom is 0.136 e. The normalized spacial score (nSPS) is 15.5. The third kappa shape index (κ3) is 3.67. The summed E-state index contributed by atoms with van der Waals surface area (Å²) in [6.45, 7) is 3.66. The van der Waals surface area contributed by atoms with Crippen molar-refractivity contribution in [3.05, 3.63) is 22.9 Å². The number of aromatic nitrogens is 1. The van der Waals surface area contributed by atoms with Gasteiger partial charge < -0.3 is 15.8 Å². The molecule has 3 N–H and O–H groups in total. The number of hydrogen-bond donors (Lipinski definition) is 2. The van der Waals surface area contributed by atoms with Gasteiger partial charge in [-0.2, -0.15) is 0 Å². The molecule has 1 aromatic rings. The van der Waals surface area contributed by atoms with Crippen molar-refractivity contribution in [3.8, 4) is 0 Å². The van der Waals surface area contributed by atoms with Gasteiger partial charge in [0.2, 0.25) is 0 Å². The topological polar surface area (TPSA) is 60.2 Å². The van der Waals surface area contributed by atoms with Crippen molar-refractivity contribution in [1.82, 2.24) is 4.98 Å². The molecular formula is C15H23N3OS. The van der Waals surface area contributed by atoms with E-state index in [4.69, 9.17) is 27.7 Å². The molecule has 0 bridgehead atoms. The summed E-state index contributed by atoms with van der Waals surface area (Å²) in [4.78, 5) is 5.16. The number of ether oxygens (including phenoxy) is 1. The molecule has 1 heterocycles. The Morgan fingerprint density at radius 2 is 2.25 bits per heavy atom. The zero-order valence-electron chi connectivity index (χ0n) is 12.2. The third-order valence-electron chi connectivity index (χ3n) is 3.64. The van der Waals surface area contributed by atoms with Crippen LogP contribution in [-0.2, 0) is 17.6 Å². The Hall–Kier alpha value is -1.20. The molecular weight excluding hydrogens is 270 g/mol. The van der Waals surface area contributed by atoms with Crippen LogP contribution in [0.4, 0.5) is 5.82 Å². The van der Waals surface area contributed by atoms with Crippen LogP contribution >= 0.6 is 12.2 Å². The number of nitrogens with zero attached hydrogens (tertiary/aromatic N) is 1. The van der Waals surface area contributed by atoms with E-state index in [2.05, 4.69) is 18.3 Å². The number of thiocarbonyl (C=S) groups is 1. The molecule has 1 unspecified atom stereocenters. The second-order valence-electron chi connectivity index (χ2n) is 5.50. The van der Waals surface area contributed by atoms with E-state index in [1.807, 2.05) is 0 Å². The van der Waals surface area contributed by atoms with Gasteiger partial charge in [0.1, 0.15) is 10.8 Å². The summed E-state index contributed by atoms with van der Waals surface area (Å²) in [6.07, 6.45) is 4.57. The first kappa shape index (κ1) is 15.2. The van der Waals surface area contributed by atoms with E-state index in [-0.39, 0.29) is 0 Å². The zero-order chi connectivity index (χ0) is 14.5. The first-order valence-corrected chi connectivity index (χ1v) is 7.58. The summed E-state index contributed by atoms with van der Waals surface area (Å²) in [6, 6.07) is 2.12. The molecule has 4 nitrogen and oxygen atoms in total. The highest BCUT2D eigenvalue weighted by molar-refractivity contribution is 7.80. The minimum Gasteiger partial charge on any atom is -0.389 e. The number of nitrogens with one attached hydrogen (secondary N) is 1. The van der Waals surface area contributed by atoms with Gasteiger partial charge in [-0.25, -0.2) is 4.98 Å². The lowest BCUT2D eigenvalue weighted by atomic mass is 9.94. The number of rotatable bonds is 6. The highest BCUT2D eigenvalue weighted by Crippen LogP contribution is 2.24. The highest BCUT2D eigenvalue weighted by Gasteiger charge is 2.16. The van der Waals surface area contributed by atoms with Crippen molar-refractivity contribution >= 4 is 23.0 Å². The fourth-order valence-electron chi connectivity index (χ4n) is 2.57. The number of pyridine rings is 1. The van der Waals surface area contributed by atoms with Crippen LogP contribution in [0, 0.1) is 5.92 Å². The molecule has 0 aliphatic heterocycles. The van der Waals surface area contributed by atoms with Gasteiger partial charge in [-0.15, -0.1) is 0 Å². The Kier molecular flexibility index (Phi) is 5.31. The summed E-state index contributed by atoms with van der Waals surface area (Å²) in [5.74, 6) is 1.23. The predicted octanol–water partition coefficient (Wildman–Crippen LogP) is 2.29. The molecule has 0 saturated carbocycles. The molecule has 0 fully saturated rings. The van der Waals surface area contributed by atoms with Crippen molar-refractivity contribution in [2.75, 3.05) is 25.6 Å². The van der Waals surface area contributed by atoms with Gasteiger partial charge in [-0.3, -0.25) is 0 Å². The molecule has 0 spiro atoms. The maximum absolute atomic E-state index is 5.84. The third-order valence-corrected chi connectivity index (χ3v) is 3.86. The smallest absolute Gasteiger partial charge is 0.136 e. The summed E-state index contributed by atoms with van der Waals surface area (Å²) >= 11 is 5.16. The van der Waals surface area contributed by atoms with E-state index < -0.39 is 0 Å². The predicted molar refractivity (Wildman–Crippen MR) is 86.3 cm³/mol. The Labute approximate surface area is 126 Å². The largest absolute Gasteiger partial charge is 0.389 e. The van der Waals surface area contributed by atoms with Gasteiger partial charge >= 0.3 is 0 Å². The van der Waals surface area contributed by atoms with Crippen LogP contribution in [0.2, 0.25) is 0 Å². The Balaban J connectivity index is 2.19. The van der Waals surface area contributed by atoms with E-state index >= 15 is 0 Å². The fourth-order valence-corrected chi connectivity index (χ4v) is 2.73. The fraction of sp³-hybridized carbons (Fsp3) is 0.600. The van der Waals surface area contributed by atoms with Gasteiger partial charge in [0.05, 0.1) is 12.2 Å². The number of fused-ring (bicyclic) bond motifs is 1. The summed E-state index contributed by atoms with van der Waals surface area (Å²) in [5, 5.41) is 3.37. The van der Waals surface area contributed by atoms with Crippen LogP contribution < -0.4 is 11.1 Å². The van der Waals surface area contributed by atoms with E-state index in [1.54, 1.807) is 7.11 Å². The van der Waals surface area contributed by atoms with Gasteiger partial charge in [-0.05, 0) is 43.2 Å². The molecule has 1 aliphatic rings. The Morgan fingerprint density at radius 3 is 2.95 bits per heavy atom. The molecule has 2 rings (SSSR count).